The molecule has 0 amide bonds. The van der Waals surface area contributed by atoms with E-state index in [9.17, 15) is 9.18 Å². The third-order valence-electron chi connectivity index (χ3n) is 10.6. The number of ether oxygens (including phenoxy) is 1. The summed E-state index contributed by atoms with van der Waals surface area (Å²) < 4.78 is 18.4. The van der Waals surface area contributed by atoms with Crippen molar-refractivity contribution < 1.29 is 19.0 Å². The normalized spacial score (nSPS) is 46.5. The lowest BCUT2D eigenvalue weighted by molar-refractivity contribution is -0.139. The molecule has 0 aromatic carbocycles. The van der Waals surface area contributed by atoms with Gasteiger partial charge in [0.05, 0.1) is 12.7 Å². The number of fused-ring (bicyclic) bond motifs is 5. The number of rotatable bonds is 7. The SMILES string of the molecule is C[C@H](CCC(=O)O)[C@H]1CC[C@H]2[C@@H]3CC[C@@H]4C[C@@H](OCCF)CC[C@]4(C)[C@H]3CC[C@]12C. The molecule has 4 rings (SSSR count). The Morgan fingerprint density at radius 2 is 1.80 bits per heavy atom. The zero-order valence-corrected chi connectivity index (χ0v) is 19.4. The van der Waals surface area contributed by atoms with E-state index >= 15 is 0 Å². The fourth-order valence-corrected chi connectivity index (χ4v) is 9.11. The summed E-state index contributed by atoms with van der Waals surface area (Å²) in [4.78, 5) is 11.1. The van der Waals surface area contributed by atoms with Crippen molar-refractivity contribution in [3.05, 3.63) is 0 Å². The molecule has 4 fully saturated rings. The van der Waals surface area contributed by atoms with E-state index in [1.165, 1.54) is 44.9 Å². The molecule has 3 nitrogen and oxygen atoms in total. The highest BCUT2D eigenvalue weighted by Crippen LogP contribution is 2.68. The van der Waals surface area contributed by atoms with E-state index in [-0.39, 0.29) is 19.4 Å². The zero-order valence-electron chi connectivity index (χ0n) is 19.4. The van der Waals surface area contributed by atoms with Crippen molar-refractivity contribution in [1.82, 2.24) is 0 Å². The van der Waals surface area contributed by atoms with Gasteiger partial charge in [-0.1, -0.05) is 20.8 Å². The van der Waals surface area contributed by atoms with Crippen LogP contribution in [0.25, 0.3) is 0 Å². The van der Waals surface area contributed by atoms with Gasteiger partial charge in [-0.15, -0.1) is 0 Å². The number of halogens is 1. The predicted octanol–water partition coefficient (Wildman–Crippen LogP) is 6.50. The van der Waals surface area contributed by atoms with Crippen molar-refractivity contribution in [3.63, 3.8) is 0 Å². The van der Waals surface area contributed by atoms with Gasteiger partial charge in [0.25, 0.3) is 0 Å². The molecule has 4 heteroatoms. The molecule has 0 heterocycles. The highest BCUT2D eigenvalue weighted by Gasteiger charge is 2.60. The van der Waals surface area contributed by atoms with Crippen LogP contribution in [0.3, 0.4) is 0 Å². The van der Waals surface area contributed by atoms with Crippen molar-refractivity contribution in [1.29, 1.82) is 0 Å². The number of carboxylic acids is 1. The van der Waals surface area contributed by atoms with Crippen LogP contribution in [0.2, 0.25) is 0 Å². The van der Waals surface area contributed by atoms with E-state index in [1.54, 1.807) is 0 Å². The lowest BCUT2D eigenvalue weighted by atomic mass is 9.44. The Hall–Kier alpha value is -0.640. The first-order valence-electron chi connectivity index (χ1n) is 12.7. The summed E-state index contributed by atoms with van der Waals surface area (Å²) in [6.45, 7) is 7.34. The monoisotopic (exact) mass is 422 g/mol. The van der Waals surface area contributed by atoms with E-state index in [4.69, 9.17) is 9.84 Å². The lowest BCUT2D eigenvalue weighted by Crippen LogP contribution is -2.54. The number of alkyl halides is 1. The van der Waals surface area contributed by atoms with Gasteiger partial charge < -0.3 is 9.84 Å². The van der Waals surface area contributed by atoms with Crippen molar-refractivity contribution in [2.75, 3.05) is 13.3 Å². The maximum absolute atomic E-state index is 12.6. The van der Waals surface area contributed by atoms with Gasteiger partial charge in [-0.25, -0.2) is 4.39 Å². The van der Waals surface area contributed by atoms with Crippen molar-refractivity contribution in [2.24, 2.45) is 46.3 Å². The molecule has 0 bridgehead atoms. The number of carboxylic acid groups (broad SMARTS) is 1. The van der Waals surface area contributed by atoms with Gasteiger partial charge in [0.2, 0.25) is 0 Å². The van der Waals surface area contributed by atoms with Crippen LogP contribution >= 0.6 is 0 Å². The molecule has 0 aromatic rings. The molecule has 1 N–H and O–H groups in total. The average Bonchev–Trinajstić information content (AvgIpc) is 3.07. The highest BCUT2D eigenvalue weighted by molar-refractivity contribution is 5.66. The van der Waals surface area contributed by atoms with Gasteiger partial charge in [-0.3, -0.25) is 4.79 Å². The van der Waals surface area contributed by atoms with Crippen LogP contribution in [0.1, 0.15) is 91.4 Å². The summed E-state index contributed by atoms with van der Waals surface area (Å²) in [6.07, 6.45) is 12.9. The molecule has 4 aliphatic rings. The Balaban J connectivity index is 1.45. The second-order valence-corrected chi connectivity index (χ2v) is 11.8. The number of hydrogen-bond acceptors (Lipinski definition) is 2. The molecule has 4 saturated carbocycles. The van der Waals surface area contributed by atoms with Crippen molar-refractivity contribution >= 4 is 5.97 Å². The van der Waals surface area contributed by atoms with E-state index in [0.29, 0.717) is 29.1 Å². The largest absolute Gasteiger partial charge is 0.481 e. The van der Waals surface area contributed by atoms with Crippen LogP contribution in [-0.4, -0.2) is 30.5 Å². The molecule has 9 atom stereocenters. The van der Waals surface area contributed by atoms with Gasteiger partial charge in [0, 0.05) is 6.42 Å². The summed E-state index contributed by atoms with van der Waals surface area (Å²) in [5, 5.41) is 9.13. The topological polar surface area (TPSA) is 46.5 Å². The summed E-state index contributed by atoms with van der Waals surface area (Å²) in [5.41, 5.74) is 0.844. The molecule has 0 aliphatic heterocycles. The first-order chi connectivity index (χ1) is 14.3. The van der Waals surface area contributed by atoms with Crippen molar-refractivity contribution in [2.45, 2.75) is 97.5 Å². The Labute approximate surface area is 182 Å². The summed E-state index contributed by atoms with van der Waals surface area (Å²) in [7, 11) is 0. The Morgan fingerprint density at radius 3 is 2.53 bits per heavy atom. The first kappa shape index (κ1) is 22.6. The molecule has 0 spiro atoms. The minimum Gasteiger partial charge on any atom is -0.481 e. The average molecular weight is 423 g/mol. The maximum Gasteiger partial charge on any atom is 0.303 e. The minimum atomic E-state index is -0.650. The molecule has 0 radical (unpaired) electrons. The fraction of sp³-hybridized carbons (Fsp3) is 0.962. The first-order valence-corrected chi connectivity index (χ1v) is 12.7. The summed E-state index contributed by atoms with van der Waals surface area (Å²) in [6, 6.07) is 0. The lowest BCUT2D eigenvalue weighted by Gasteiger charge is -2.61. The maximum atomic E-state index is 12.6. The molecule has 4 aliphatic carbocycles. The van der Waals surface area contributed by atoms with E-state index in [1.807, 2.05) is 0 Å². The van der Waals surface area contributed by atoms with Gasteiger partial charge >= 0.3 is 5.97 Å². The van der Waals surface area contributed by atoms with Crippen LogP contribution < -0.4 is 0 Å². The second-order valence-electron chi connectivity index (χ2n) is 11.8. The zero-order chi connectivity index (χ0) is 21.5. The van der Waals surface area contributed by atoms with Gasteiger partial charge in [0.15, 0.2) is 0 Å². The third-order valence-corrected chi connectivity index (χ3v) is 10.6. The Morgan fingerprint density at radius 1 is 1.07 bits per heavy atom. The van der Waals surface area contributed by atoms with E-state index < -0.39 is 5.97 Å². The quantitative estimate of drug-likeness (QED) is 0.509. The Bertz CT molecular complexity index is 623. The van der Waals surface area contributed by atoms with Crippen LogP contribution in [-0.2, 0) is 9.53 Å². The van der Waals surface area contributed by atoms with E-state index in [2.05, 4.69) is 20.8 Å². The molecular formula is C26H43FO3. The molecular weight excluding hydrogens is 379 g/mol. The van der Waals surface area contributed by atoms with Crippen LogP contribution in [0.5, 0.6) is 0 Å². The van der Waals surface area contributed by atoms with Gasteiger partial charge in [-0.2, -0.15) is 0 Å². The summed E-state index contributed by atoms with van der Waals surface area (Å²) in [5.74, 6) is 3.82. The Kier molecular flexibility index (Phi) is 6.55. The predicted molar refractivity (Wildman–Crippen MR) is 117 cm³/mol. The third kappa shape index (κ3) is 3.84. The molecule has 0 unspecified atom stereocenters. The van der Waals surface area contributed by atoms with Crippen LogP contribution in [0, 0.1) is 46.3 Å². The molecule has 0 aromatic heterocycles. The fourth-order valence-electron chi connectivity index (χ4n) is 9.11. The van der Waals surface area contributed by atoms with Crippen LogP contribution in [0.4, 0.5) is 4.39 Å². The molecule has 30 heavy (non-hydrogen) atoms. The smallest absolute Gasteiger partial charge is 0.303 e. The van der Waals surface area contributed by atoms with E-state index in [0.717, 1.165) is 42.9 Å². The minimum absolute atomic E-state index is 0.266. The number of carbonyl (C=O) groups is 1. The van der Waals surface area contributed by atoms with Gasteiger partial charge in [0.1, 0.15) is 6.67 Å². The standard InChI is InChI=1S/C26H43FO3/c1-17(4-9-24(28)29)21-7-8-22-20-6-5-18-16-19(30-15-14-27)10-12-25(18,2)23(20)11-13-26(21,22)3/h17-23H,4-16H2,1-3H3,(H,28,29)/t17-,18-,19+,20+,21-,22+,23+,25+,26-/m1/s1. The number of aliphatic carboxylic acids is 1. The second kappa shape index (κ2) is 8.71. The van der Waals surface area contributed by atoms with Gasteiger partial charge in [-0.05, 0) is 111 Å². The number of hydrogen-bond donors (Lipinski definition) is 1. The van der Waals surface area contributed by atoms with Crippen molar-refractivity contribution in [3.8, 4) is 0 Å². The molecule has 172 valence electrons. The highest BCUT2D eigenvalue weighted by atomic mass is 19.1. The molecule has 0 saturated heterocycles. The summed E-state index contributed by atoms with van der Waals surface area (Å²) >= 11 is 0. The van der Waals surface area contributed by atoms with Crippen LogP contribution in [0.15, 0.2) is 0 Å².